The fourth-order valence-corrected chi connectivity index (χ4v) is 3.26. The zero-order chi connectivity index (χ0) is 13.2. The molecule has 0 amide bonds. The van der Waals surface area contributed by atoms with Crippen LogP contribution in [0.2, 0.25) is 0 Å². The summed E-state index contributed by atoms with van der Waals surface area (Å²) < 4.78 is 13.0. The minimum Gasteiger partial charge on any atom is -0.375 e. The van der Waals surface area contributed by atoms with E-state index in [2.05, 4.69) is 11.4 Å². The zero-order valence-corrected chi connectivity index (χ0v) is 10.8. The lowest BCUT2D eigenvalue weighted by molar-refractivity contribution is 0.626. The van der Waals surface area contributed by atoms with E-state index in [4.69, 9.17) is 0 Å². The molecule has 1 N–H and O–H groups in total. The molecule has 0 bridgehead atoms. The van der Waals surface area contributed by atoms with Crippen LogP contribution < -0.4 is 5.32 Å². The van der Waals surface area contributed by atoms with Crippen LogP contribution in [0.3, 0.4) is 0 Å². The van der Waals surface area contributed by atoms with Crippen LogP contribution in [0.1, 0.15) is 11.6 Å². The van der Waals surface area contributed by atoms with E-state index >= 15 is 0 Å². The van der Waals surface area contributed by atoms with Crippen LogP contribution >= 0.6 is 11.8 Å². The number of para-hydroxylation sites is 1. The molecule has 2 unspecified atom stereocenters. The van der Waals surface area contributed by atoms with Gasteiger partial charge in [-0.1, -0.05) is 24.3 Å². The lowest BCUT2D eigenvalue weighted by atomic mass is 10.0. The highest BCUT2D eigenvalue weighted by molar-refractivity contribution is 8.00. The third-order valence-electron chi connectivity index (χ3n) is 3.11. The second kappa shape index (κ2) is 4.94. The number of thioether (sulfide) groups is 1. The van der Waals surface area contributed by atoms with Crippen molar-refractivity contribution in [3.8, 4) is 6.07 Å². The van der Waals surface area contributed by atoms with Gasteiger partial charge in [-0.05, 0) is 29.8 Å². The van der Waals surface area contributed by atoms with E-state index in [0.29, 0.717) is 0 Å². The highest BCUT2D eigenvalue weighted by atomic mass is 32.2. The van der Waals surface area contributed by atoms with Gasteiger partial charge in [-0.3, -0.25) is 0 Å². The van der Waals surface area contributed by atoms with Crippen LogP contribution in [0.25, 0.3) is 0 Å². The third kappa shape index (κ3) is 2.29. The maximum atomic E-state index is 13.0. The van der Waals surface area contributed by atoms with Gasteiger partial charge in [0.05, 0.1) is 12.1 Å². The Balaban J connectivity index is 1.98. The molecule has 0 aromatic heterocycles. The summed E-state index contributed by atoms with van der Waals surface area (Å²) >= 11 is 1.55. The number of nitrogens with one attached hydrogen (secondary N) is 1. The summed E-state index contributed by atoms with van der Waals surface area (Å²) in [5, 5.41) is 12.5. The molecule has 4 heteroatoms. The Bertz CT molecular complexity index is 633. The van der Waals surface area contributed by atoms with E-state index in [1.165, 1.54) is 12.1 Å². The van der Waals surface area contributed by atoms with Crippen LogP contribution in [0, 0.1) is 17.1 Å². The Kier molecular flexibility index (Phi) is 3.14. The van der Waals surface area contributed by atoms with Gasteiger partial charge in [0.15, 0.2) is 0 Å². The Morgan fingerprint density at radius 1 is 1.11 bits per heavy atom. The molecule has 19 heavy (non-hydrogen) atoms. The minimum atomic E-state index is -0.263. The molecule has 1 aliphatic heterocycles. The van der Waals surface area contributed by atoms with Gasteiger partial charge in [0.2, 0.25) is 0 Å². The number of hydrogen-bond donors (Lipinski definition) is 1. The van der Waals surface area contributed by atoms with Gasteiger partial charge in [0, 0.05) is 10.6 Å². The summed E-state index contributed by atoms with van der Waals surface area (Å²) in [6.45, 7) is 0. The van der Waals surface area contributed by atoms with E-state index in [1.807, 2.05) is 24.3 Å². The summed E-state index contributed by atoms with van der Waals surface area (Å²) in [5.74, 6) is -0.263. The summed E-state index contributed by atoms with van der Waals surface area (Å²) in [4.78, 5) is 1.08. The fourth-order valence-electron chi connectivity index (χ4n) is 2.17. The molecule has 2 aromatic rings. The van der Waals surface area contributed by atoms with Crippen molar-refractivity contribution in [1.82, 2.24) is 0 Å². The Hall–Kier alpha value is -1.99. The predicted octanol–water partition coefficient (Wildman–Crippen LogP) is 3.98. The van der Waals surface area contributed by atoms with Crippen LogP contribution in [-0.2, 0) is 0 Å². The molecule has 0 radical (unpaired) electrons. The van der Waals surface area contributed by atoms with E-state index in [1.54, 1.807) is 23.9 Å². The molecular formula is C15H11FN2S. The summed E-state index contributed by atoms with van der Waals surface area (Å²) in [7, 11) is 0. The van der Waals surface area contributed by atoms with Gasteiger partial charge < -0.3 is 5.32 Å². The van der Waals surface area contributed by atoms with Crippen LogP contribution in [-0.4, -0.2) is 5.25 Å². The van der Waals surface area contributed by atoms with E-state index < -0.39 is 0 Å². The first-order valence-electron chi connectivity index (χ1n) is 5.95. The van der Waals surface area contributed by atoms with Crippen molar-refractivity contribution in [2.24, 2.45) is 0 Å². The summed E-state index contributed by atoms with van der Waals surface area (Å²) in [5.41, 5.74) is 1.95. The largest absolute Gasteiger partial charge is 0.375 e. The lowest BCUT2D eigenvalue weighted by Crippen LogP contribution is -2.25. The number of hydrogen-bond acceptors (Lipinski definition) is 3. The first kappa shape index (κ1) is 12.1. The topological polar surface area (TPSA) is 35.8 Å². The van der Waals surface area contributed by atoms with Crippen molar-refractivity contribution in [1.29, 1.82) is 5.26 Å². The average molecular weight is 270 g/mol. The molecule has 1 heterocycles. The van der Waals surface area contributed by atoms with Gasteiger partial charge in [0.1, 0.15) is 11.1 Å². The monoisotopic (exact) mass is 270 g/mol. The quantitative estimate of drug-likeness (QED) is 0.851. The average Bonchev–Trinajstić information content (AvgIpc) is 2.46. The molecule has 2 nitrogen and oxygen atoms in total. The normalized spacial score (nSPS) is 21.1. The standard InChI is InChI=1S/C15H11FN2S/c16-11-7-5-10(6-8-11)15-14(9-17)19-13-4-2-1-3-12(13)18-15/h1-8,14-15,18H. The number of nitrogens with zero attached hydrogens (tertiary/aromatic N) is 1. The molecule has 2 atom stereocenters. The molecule has 1 aliphatic rings. The minimum absolute atomic E-state index is 0.120. The summed E-state index contributed by atoms with van der Waals surface area (Å²) in [6.07, 6.45) is 0. The molecule has 0 spiro atoms. The second-order valence-electron chi connectivity index (χ2n) is 4.34. The van der Waals surface area contributed by atoms with Gasteiger partial charge in [0.25, 0.3) is 0 Å². The number of halogens is 1. The number of nitriles is 1. The molecular weight excluding hydrogens is 259 g/mol. The van der Waals surface area contributed by atoms with Crippen LogP contribution in [0.5, 0.6) is 0 Å². The SMILES string of the molecule is N#CC1Sc2ccccc2NC1c1ccc(F)cc1. The van der Waals surface area contributed by atoms with Crippen molar-refractivity contribution >= 4 is 17.4 Å². The highest BCUT2D eigenvalue weighted by Crippen LogP contribution is 2.42. The Morgan fingerprint density at radius 2 is 1.84 bits per heavy atom. The van der Waals surface area contributed by atoms with Gasteiger partial charge in [-0.15, -0.1) is 11.8 Å². The first-order chi connectivity index (χ1) is 9.28. The van der Waals surface area contributed by atoms with Crippen LogP contribution in [0.15, 0.2) is 53.4 Å². The van der Waals surface area contributed by atoms with E-state index in [0.717, 1.165) is 16.1 Å². The maximum absolute atomic E-state index is 13.0. The Morgan fingerprint density at radius 3 is 2.58 bits per heavy atom. The van der Waals surface area contributed by atoms with Crippen LogP contribution in [0.4, 0.5) is 10.1 Å². The van der Waals surface area contributed by atoms with Gasteiger partial charge in [-0.25, -0.2) is 4.39 Å². The molecule has 0 aliphatic carbocycles. The number of benzene rings is 2. The lowest BCUT2D eigenvalue weighted by Gasteiger charge is -2.30. The van der Waals surface area contributed by atoms with Gasteiger partial charge >= 0.3 is 0 Å². The molecule has 0 fully saturated rings. The number of fused-ring (bicyclic) bond motifs is 1. The van der Waals surface area contributed by atoms with E-state index in [9.17, 15) is 9.65 Å². The first-order valence-corrected chi connectivity index (χ1v) is 6.83. The fraction of sp³-hybridized carbons (Fsp3) is 0.133. The number of anilines is 1. The zero-order valence-electron chi connectivity index (χ0n) is 10.0. The maximum Gasteiger partial charge on any atom is 0.123 e. The van der Waals surface area contributed by atoms with E-state index in [-0.39, 0.29) is 17.1 Å². The number of rotatable bonds is 1. The molecule has 0 saturated carbocycles. The second-order valence-corrected chi connectivity index (χ2v) is 5.52. The smallest absolute Gasteiger partial charge is 0.123 e. The summed E-state index contributed by atoms with van der Waals surface area (Å²) in [6, 6.07) is 16.4. The highest BCUT2D eigenvalue weighted by Gasteiger charge is 2.29. The molecule has 2 aromatic carbocycles. The van der Waals surface area contributed by atoms with Crippen molar-refractivity contribution in [3.63, 3.8) is 0 Å². The Labute approximate surface area is 115 Å². The van der Waals surface area contributed by atoms with Crippen molar-refractivity contribution < 1.29 is 4.39 Å². The predicted molar refractivity (Wildman–Crippen MR) is 74.5 cm³/mol. The molecule has 94 valence electrons. The van der Waals surface area contributed by atoms with Crippen molar-refractivity contribution in [2.45, 2.75) is 16.2 Å². The van der Waals surface area contributed by atoms with Gasteiger partial charge in [-0.2, -0.15) is 5.26 Å². The van der Waals surface area contributed by atoms with Crippen molar-refractivity contribution in [3.05, 3.63) is 59.9 Å². The molecule has 0 saturated heterocycles. The molecule has 3 rings (SSSR count). The van der Waals surface area contributed by atoms with Crippen molar-refractivity contribution in [2.75, 3.05) is 5.32 Å². The third-order valence-corrected chi connectivity index (χ3v) is 4.35.